The third kappa shape index (κ3) is 3.33. The van der Waals surface area contributed by atoms with E-state index in [1.165, 1.54) is 0 Å². The maximum absolute atomic E-state index is 13.8. The van der Waals surface area contributed by atoms with E-state index < -0.39 is 7.14 Å². The molecule has 0 fully saturated rings. The molecule has 0 aliphatic rings. The maximum Gasteiger partial charge on any atom is 0.171 e. The van der Waals surface area contributed by atoms with Gasteiger partial charge in [-0.05, 0) is 0 Å². The molecule has 0 bridgehead atoms. The second-order valence-corrected chi connectivity index (χ2v) is 7.38. The van der Waals surface area contributed by atoms with Gasteiger partial charge in [0.15, 0.2) is 7.14 Å². The van der Waals surface area contributed by atoms with Gasteiger partial charge in [0.05, 0.1) is 0 Å². The first-order valence-electron chi connectivity index (χ1n) is 6.59. The van der Waals surface area contributed by atoms with Crippen LogP contribution in [0.3, 0.4) is 0 Å². The van der Waals surface area contributed by atoms with E-state index in [0.29, 0.717) is 0 Å². The summed E-state index contributed by atoms with van der Waals surface area (Å²) in [4.78, 5) is 0. The van der Waals surface area contributed by atoms with Crippen LogP contribution in [0, 0.1) is 38.2 Å². The number of hydrogen-bond donors (Lipinski definition) is 0. The van der Waals surface area contributed by atoms with Gasteiger partial charge in [-0.1, -0.05) is 91.0 Å². The number of benzene rings is 3. The molecule has 0 heterocycles. The van der Waals surface area contributed by atoms with Crippen molar-refractivity contribution in [2.24, 2.45) is 0 Å². The van der Waals surface area contributed by atoms with E-state index in [4.69, 9.17) is 0 Å². The second-order valence-electron chi connectivity index (χ2n) is 4.62. The molecule has 0 aliphatic carbocycles. The number of hydrogen-bond acceptors (Lipinski definition) is 1. The summed E-state index contributed by atoms with van der Waals surface area (Å²) >= 11 is 0. The Kier molecular flexibility index (Phi) is 5.85. The maximum atomic E-state index is 13.8. The Labute approximate surface area is 155 Å². The fourth-order valence-electron chi connectivity index (χ4n) is 2.36. The molecule has 0 N–H and O–H groups in total. The van der Waals surface area contributed by atoms with Crippen LogP contribution in [0.5, 0.6) is 0 Å². The van der Waals surface area contributed by atoms with Crippen LogP contribution in [0.15, 0.2) is 91.0 Å². The van der Waals surface area contributed by atoms with Crippen molar-refractivity contribution in [2.45, 2.75) is 0 Å². The third-order valence-electron chi connectivity index (χ3n) is 3.36. The van der Waals surface area contributed by atoms with Crippen molar-refractivity contribution in [3.8, 4) is 0 Å². The van der Waals surface area contributed by atoms with E-state index in [2.05, 4.69) is 0 Å². The third-order valence-corrected chi connectivity index (χ3v) is 6.44. The molecule has 0 amide bonds. The molecule has 0 unspecified atom stereocenters. The molecule has 3 aromatic carbocycles. The smallest absolute Gasteiger partial charge is 0.171 e. The SMILES string of the molecule is O=P(c1ccccc1)(c1ccccc1)c1ccccc1.[Dy]. The number of rotatable bonds is 3. The fourth-order valence-corrected chi connectivity index (χ4v) is 5.03. The van der Waals surface area contributed by atoms with Gasteiger partial charge in [0.2, 0.25) is 0 Å². The van der Waals surface area contributed by atoms with Gasteiger partial charge in [-0.15, -0.1) is 0 Å². The van der Waals surface area contributed by atoms with Crippen LogP contribution in [0.1, 0.15) is 0 Å². The van der Waals surface area contributed by atoms with Gasteiger partial charge in [0, 0.05) is 54.1 Å². The predicted octanol–water partition coefficient (Wildman–Crippen LogP) is 3.33. The molecular weight excluding hydrogens is 426 g/mol. The fraction of sp³-hybridized carbons (Fsp3) is 0. The summed E-state index contributed by atoms with van der Waals surface area (Å²) in [7, 11) is -2.78. The summed E-state index contributed by atoms with van der Waals surface area (Å²) in [5.74, 6) is 0. The first-order chi connectivity index (χ1) is 9.82. The van der Waals surface area contributed by atoms with Crippen molar-refractivity contribution in [1.82, 2.24) is 0 Å². The first-order valence-corrected chi connectivity index (χ1v) is 8.29. The zero-order valence-corrected chi connectivity index (χ0v) is 14.3. The molecule has 108 valence electrons. The van der Waals surface area contributed by atoms with Gasteiger partial charge in [-0.3, -0.25) is 0 Å². The van der Waals surface area contributed by atoms with Crippen molar-refractivity contribution in [2.75, 3.05) is 0 Å². The molecule has 3 rings (SSSR count). The van der Waals surface area contributed by atoms with Gasteiger partial charge in [-0.25, -0.2) is 0 Å². The van der Waals surface area contributed by atoms with Gasteiger partial charge < -0.3 is 4.57 Å². The standard InChI is InChI=1S/C18H15OP.Dy/c19-20(16-10-4-1-5-11-16,17-12-6-2-7-13-17)18-14-8-3-9-15-18;/h1-15H;. The predicted molar refractivity (Wildman–Crippen MR) is 85.8 cm³/mol. The zero-order chi connectivity index (χ0) is 13.8. The Hall–Kier alpha value is -0.837. The molecule has 0 aromatic heterocycles. The van der Waals surface area contributed by atoms with Crippen molar-refractivity contribution < 1.29 is 42.7 Å². The van der Waals surface area contributed by atoms with Crippen LogP contribution >= 0.6 is 7.14 Å². The zero-order valence-electron chi connectivity index (χ0n) is 11.3. The van der Waals surface area contributed by atoms with E-state index in [1.54, 1.807) is 0 Å². The molecule has 0 saturated heterocycles. The van der Waals surface area contributed by atoms with Gasteiger partial charge in [0.25, 0.3) is 0 Å². The van der Waals surface area contributed by atoms with E-state index in [-0.39, 0.29) is 38.2 Å². The van der Waals surface area contributed by atoms with Crippen LogP contribution in [0.4, 0.5) is 0 Å². The van der Waals surface area contributed by atoms with Crippen LogP contribution < -0.4 is 15.9 Å². The van der Waals surface area contributed by atoms with Crippen molar-refractivity contribution in [3.05, 3.63) is 91.0 Å². The van der Waals surface area contributed by atoms with Crippen molar-refractivity contribution >= 4 is 23.1 Å². The Bertz CT molecular complexity index is 624. The molecule has 3 heteroatoms. The Morgan fingerprint density at radius 2 is 0.714 bits per heavy atom. The van der Waals surface area contributed by atoms with Crippen LogP contribution in [-0.4, -0.2) is 0 Å². The van der Waals surface area contributed by atoms with E-state index >= 15 is 0 Å². The summed E-state index contributed by atoms with van der Waals surface area (Å²) in [6.45, 7) is 0. The Balaban J connectivity index is 0.00000161. The quantitative estimate of drug-likeness (QED) is 0.571. The van der Waals surface area contributed by atoms with Gasteiger partial charge in [0.1, 0.15) is 0 Å². The van der Waals surface area contributed by atoms with Gasteiger partial charge >= 0.3 is 0 Å². The Morgan fingerprint density at radius 1 is 0.476 bits per heavy atom. The summed E-state index contributed by atoms with van der Waals surface area (Å²) in [5.41, 5.74) is 0. The molecule has 21 heavy (non-hydrogen) atoms. The molecule has 1 nitrogen and oxygen atoms in total. The summed E-state index contributed by atoms with van der Waals surface area (Å²) in [5, 5.41) is 2.62. The molecule has 0 saturated carbocycles. The van der Waals surface area contributed by atoms with Crippen molar-refractivity contribution in [3.63, 3.8) is 0 Å². The minimum atomic E-state index is -2.78. The summed E-state index contributed by atoms with van der Waals surface area (Å²) < 4.78 is 13.8. The van der Waals surface area contributed by atoms with Crippen molar-refractivity contribution in [1.29, 1.82) is 0 Å². The first kappa shape index (κ1) is 16.5. The van der Waals surface area contributed by atoms with E-state index in [0.717, 1.165) is 15.9 Å². The average Bonchev–Trinajstić information content (AvgIpc) is 2.56. The molecule has 0 spiro atoms. The topological polar surface area (TPSA) is 17.1 Å². The molecule has 0 atom stereocenters. The molecule has 3 aromatic rings. The normalized spacial score (nSPS) is 10.7. The van der Waals surface area contributed by atoms with E-state index in [9.17, 15) is 4.57 Å². The molecular formula is C18H15DyOP. The summed E-state index contributed by atoms with van der Waals surface area (Å²) in [6, 6.07) is 29.1. The average molecular weight is 441 g/mol. The monoisotopic (exact) mass is 442 g/mol. The van der Waals surface area contributed by atoms with E-state index in [1.807, 2.05) is 91.0 Å². The molecule has 0 aliphatic heterocycles. The minimum Gasteiger partial charge on any atom is -0.309 e. The minimum absolute atomic E-state index is 0. The Morgan fingerprint density at radius 3 is 0.952 bits per heavy atom. The van der Waals surface area contributed by atoms with Crippen LogP contribution in [0.2, 0.25) is 0 Å². The largest absolute Gasteiger partial charge is 0.309 e. The molecule has 0 radical (unpaired) electrons. The van der Waals surface area contributed by atoms with Crippen LogP contribution in [0.25, 0.3) is 0 Å². The second kappa shape index (κ2) is 7.43. The summed E-state index contributed by atoms with van der Waals surface area (Å²) in [6.07, 6.45) is 0. The van der Waals surface area contributed by atoms with Crippen LogP contribution in [-0.2, 0) is 4.57 Å². The van der Waals surface area contributed by atoms with Gasteiger partial charge in [-0.2, -0.15) is 0 Å².